The maximum Gasteiger partial charge on any atom is 0.311 e. The van der Waals surface area contributed by atoms with Gasteiger partial charge in [0.1, 0.15) is 0 Å². The van der Waals surface area contributed by atoms with Crippen LogP contribution in [-0.2, 0) is 11.2 Å². The molecule has 0 saturated heterocycles. The van der Waals surface area contributed by atoms with E-state index in [0.29, 0.717) is 22.0 Å². The van der Waals surface area contributed by atoms with E-state index in [2.05, 4.69) is 0 Å². The fourth-order valence-corrected chi connectivity index (χ4v) is 3.29. The zero-order valence-corrected chi connectivity index (χ0v) is 12.5. The van der Waals surface area contributed by atoms with E-state index in [9.17, 15) is 9.90 Å². The van der Waals surface area contributed by atoms with E-state index in [1.165, 1.54) is 0 Å². The Kier molecular flexibility index (Phi) is 4.50. The van der Waals surface area contributed by atoms with Crippen molar-refractivity contribution >= 4 is 40.5 Å². The molecule has 1 aromatic carbocycles. The number of carboxylic acids is 1. The average molecular weight is 315 g/mol. The van der Waals surface area contributed by atoms with Gasteiger partial charge in [0.15, 0.2) is 0 Å². The molecule has 2 nitrogen and oxygen atoms in total. The van der Waals surface area contributed by atoms with E-state index < -0.39 is 11.9 Å². The fourth-order valence-electron chi connectivity index (χ4n) is 1.91. The molecule has 1 atom stereocenters. The first-order valence-corrected chi connectivity index (χ1v) is 7.33. The number of hydrogen-bond donors (Lipinski definition) is 1. The lowest BCUT2D eigenvalue weighted by Gasteiger charge is -2.14. The van der Waals surface area contributed by atoms with Gasteiger partial charge in [-0.15, -0.1) is 11.3 Å². The summed E-state index contributed by atoms with van der Waals surface area (Å²) in [5, 5.41) is 12.3. The molecule has 0 saturated carbocycles. The maximum atomic E-state index is 11.5. The summed E-state index contributed by atoms with van der Waals surface area (Å²) in [7, 11) is 0. The molecule has 0 radical (unpaired) electrons. The van der Waals surface area contributed by atoms with Crippen LogP contribution in [0, 0.1) is 6.92 Å². The van der Waals surface area contributed by atoms with E-state index in [0.717, 1.165) is 10.4 Å². The first kappa shape index (κ1) is 14.4. The Morgan fingerprint density at radius 2 is 2.11 bits per heavy atom. The summed E-state index contributed by atoms with van der Waals surface area (Å²) >= 11 is 13.6. The zero-order chi connectivity index (χ0) is 14.0. The summed E-state index contributed by atoms with van der Waals surface area (Å²) < 4.78 is 0. The van der Waals surface area contributed by atoms with Crippen LogP contribution in [0.25, 0.3) is 0 Å². The van der Waals surface area contributed by atoms with Crippen molar-refractivity contribution in [3.63, 3.8) is 0 Å². The summed E-state index contributed by atoms with van der Waals surface area (Å²) in [5.41, 5.74) is 1.67. The Labute approximate surface area is 125 Å². The predicted molar refractivity (Wildman–Crippen MR) is 79.6 cm³/mol. The Hall–Kier alpha value is -1.03. The monoisotopic (exact) mass is 314 g/mol. The van der Waals surface area contributed by atoms with Crippen LogP contribution in [0.3, 0.4) is 0 Å². The highest BCUT2D eigenvalue weighted by Gasteiger charge is 2.24. The Morgan fingerprint density at radius 1 is 1.37 bits per heavy atom. The zero-order valence-electron chi connectivity index (χ0n) is 10.2. The smallest absolute Gasteiger partial charge is 0.311 e. The molecule has 0 fully saturated rings. The second-order valence-corrected chi connectivity index (χ2v) is 6.13. The highest BCUT2D eigenvalue weighted by Crippen LogP contribution is 2.32. The Morgan fingerprint density at radius 3 is 2.68 bits per heavy atom. The molecular formula is C14H12Cl2O2S. The molecule has 19 heavy (non-hydrogen) atoms. The summed E-state index contributed by atoms with van der Waals surface area (Å²) in [6, 6.07) is 6.91. The van der Waals surface area contributed by atoms with Gasteiger partial charge in [0.25, 0.3) is 0 Å². The number of rotatable bonds is 4. The van der Waals surface area contributed by atoms with Crippen LogP contribution in [0.5, 0.6) is 0 Å². The second-order valence-electron chi connectivity index (χ2n) is 4.29. The van der Waals surface area contributed by atoms with Crippen LogP contribution < -0.4 is 0 Å². The number of carboxylic acid groups (broad SMARTS) is 1. The molecule has 0 spiro atoms. The molecule has 0 aliphatic heterocycles. The summed E-state index contributed by atoms with van der Waals surface area (Å²) in [6.07, 6.45) is 0.429. The van der Waals surface area contributed by atoms with Gasteiger partial charge < -0.3 is 5.11 Å². The molecule has 1 unspecified atom stereocenters. The molecule has 1 heterocycles. The largest absolute Gasteiger partial charge is 0.481 e. The predicted octanol–water partition coefficient (Wildman–Crippen LogP) is 4.77. The molecule has 0 amide bonds. The lowest BCUT2D eigenvalue weighted by Crippen LogP contribution is -2.14. The molecule has 0 aliphatic carbocycles. The number of aryl methyl sites for hydroxylation is 1. The van der Waals surface area contributed by atoms with E-state index in [1.807, 2.05) is 18.4 Å². The highest BCUT2D eigenvalue weighted by molar-refractivity contribution is 7.10. The number of thiophene rings is 1. The first-order chi connectivity index (χ1) is 8.99. The van der Waals surface area contributed by atoms with Crippen molar-refractivity contribution in [2.45, 2.75) is 19.3 Å². The molecule has 5 heteroatoms. The van der Waals surface area contributed by atoms with Crippen molar-refractivity contribution in [3.8, 4) is 0 Å². The lowest BCUT2D eigenvalue weighted by molar-refractivity contribution is -0.138. The standard InChI is InChI=1S/C14H12Cl2O2S/c1-8-4-5-19-13(8)7-11(14(17)18)10-6-9(15)2-3-12(10)16/h2-6,11H,7H2,1H3,(H,17,18). The minimum Gasteiger partial charge on any atom is -0.481 e. The first-order valence-electron chi connectivity index (χ1n) is 5.69. The van der Waals surface area contributed by atoms with Crippen LogP contribution in [0.4, 0.5) is 0 Å². The fraction of sp³-hybridized carbons (Fsp3) is 0.214. The van der Waals surface area contributed by atoms with Crippen LogP contribution in [0.2, 0.25) is 10.0 Å². The molecule has 2 rings (SSSR count). The van der Waals surface area contributed by atoms with E-state index in [1.54, 1.807) is 29.5 Å². The summed E-state index contributed by atoms with van der Waals surface area (Å²) in [6.45, 7) is 1.98. The SMILES string of the molecule is Cc1ccsc1CC(C(=O)O)c1cc(Cl)ccc1Cl. The molecule has 2 aromatic rings. The third-order valence-electron chi connectivity index (χ3n) is 2.99. The highest BCUT2D eigenvalue weighted by atomic mass is 35.5. The van der Waals surface area contributed by atoms with Gasteiger partial charge in [-0.1, -0.05) is 23.2 Å². The number of aliphatic carboxylic acids is 1. The number of halogens is 2. The van der Waals surface area contributed by atoms with Crippen LogP contribution in [0.1, 0.15) is 21.9 Å². The Balaban J connectivity index is 2.38. The van der Waals surface area contributed by atoms with E-state index in [-0.39, 0.29) is 0 Å². The average Bonchev–Trinajstić information content (AvgIpc) is 2.75. The van der Waals surface area contributed by atoms with Crippen LogP contribution in [-0.4, -0.2) is 11.1 Å². The maximum absolute atomic E-state index is 11.5. The normalized spacial score (nSPS) is 12.4. The van der Waals surface area contributed by atoms with Gasteiger partial charge >= 0.3 is 5.97 Å². The van der Waals surface area contributed by atoms with E-state index in [4.69, 9.17) is 23.2 Å². The summed E-state index contributed by atoms with van der Waals surface area (Å²) in [5.74, 6) is -1.57. The number of benzene rings is 1. The van der Waals surface area contributed by atoms with Gasteiger partial charge in [-0.05, 0) is 54.1 Å². The molecule has 1 aromatic heterocycles. The van der Waals surface area contributed by atoms with Crippen molar-refractivity contribution < 1.29 is 9.90 Å². The molecule has 0 bridgehead atoms. The molecule has 100 valence electrons. The van der Waals surface area contributed by atoms with Crippen LogP contribution in [0.15, 0.2) is 29.6 Å². The third kappa shape index (κ3) is 3.30. The molecular weight excluding hydrogens is 303 g/mol. The topological polar surface area (TPSA) is 37.3 Å². The van der Waals surface area contributed by atoms with Crippen molar-refractivity contribution in [3.05, 3.63) is 55.7 Å². The van der Waals surface area contributed by atoms with Crippen molar-refractivity contribution in [2.75, 3.05) is 0 Å². The van der Waals surface area contributed by atoms with E-state index >= 15 is 0 Å². The van der Waals surface area contributed by atoms with Gasteiger partial charge in [-0.2, -0.15) is 0 Å². The lowest BCUT2D eigenvalue weighted by atomic mass is 9.94. The van der Waals surface area contributed by atoms with Gasteiger partial charge in [-0.25, -0.2) is 0 Å². The van der Waals surface area contributed by atoms with Crippen molar-refractivity contribution in [2.24, 2.45) is 0 Å². The molecule has 1 N–H and O–H groups in total. The minimum atomic E-state index is -0.892. The minimum absolute atomic E-state index is 0.429. The quantitative estimate of drug-likeness (QED) is 0.882. The van der Waals surface area contributed by atoms with Crippen molar-refractivity contribution in [1.29, 1.82) is 0 Å². The third-order valence-corrected chi connectivity index (χ3v) is 4.61. The second kappa shape index (κ2) is 5.95. The van der Waals surface area contributed by atoms with Gasteiger partial charge in [0.05, 0.1) is 5.92 Å². The molecule has 0 aliphatic rings. The number of carbonyl (C=O) groups is 1. The van der Waals surface area contributed by atoms with Gasteiger partial charge in [0.2, 0.25) is 0 Å². The van der Waals surface area contributed by atoms with Crippen LogP contribution >= 0.6 is 34.5 Å². The summed E-state index contributed by atoms with van der Waals surface area (Å²) in [4.78, 5) is 12.6. The van der Waals surface area contributed by atoms with Crippen molar-refractivity contribution in [1.82, 2.24) is 0 Å². The Bertz CT molecular complexity index is 607. The van der Waals surface area contributed by atoms with Gasteiger partial charge in [-0.3, -0.25) is 4.79 Å². The number of hydrogen-bond acceptors (Lipinski definition) is 2. The van der Waals surface area contributed by atoms with Gasteiger partial charge in [0, 0.05) is 14.9 Å².